The maximum Gasteiger partial charge on any atom is 0.211 e. The van der Waals surface area contributed by atoms with Gasteiger partial charge in [-0.3, -0.25) is 0 Å². The van der Waals surface area contributed by atoms with E-state index in [1.54, 1.807) is 13.3 Å². The van der Waals surface area contributed by atoms with Crippen LogP contribution < -0.4 is 10.1 Å². The van der Waals surface area contributed by atoms with Crippen LogP contribution in [0, 0.1) is 5.92 Å². The third-order valence-corrected chi connectivity index (χ3v) is 3.09. The van der Waals surface area contributed by atoms with Crippen molar-refractivity contribution in [2.45, 2.75) is 25.8 Å². The highest BCUT2D eigenvalue weighted by atomic mass is 16.5. The van der Waals surface area contributed by atoms with E-state index in [-0.39, 0.29) is 0 Å². The average molecular weight is 209 g/mol. The molecular weight excluding hydrogens is 190 g/mol. The molecule has 1 aromatic heterocycles. The molecule has 0 radical (unpaired) electrons. The molecule has 1 N–H and O–H groups in total. The summed E-state index contributed by atoms with van der Waals surface area (Å²) in [5, 5.41) is 7.63. The van der Waals surface area contributed by atoms with E-state index in [4.69, 9.17) is 4.74 Å². The van der Waals surface area contributed by atoms with Crippen molar-refractivity contribution < 1.29 is 4.74 Å². The SMILES string of the molecule is COc1ccnn1CCC1CCNCC1. The summed E-state index contributed by atoms with van der Waals surface area (Å²) in [5.41, 5.74) is 0. The first kappa shape index (κ1) is 10.5. The van der Waals surface area contributed by atoms with Crippen LogP contribution in [-0.2, 0) is 6.54 Å². The van der Waals surface area contributed by atoms with Gasteiger partial charge in [-0.25, -0.2) is 4.68 Å². The third kappa shape index (κ3) is 2.72. The van der Waals surface area contributed by atoms with Gasteiger partial charge in [0.05, 0.1) is 13.3 Å². The van der Waals surface area contributed by atoms with E-state index in [9.17, 15) is 0 Å². The largest absolute Gasteiger partial charge is 0.481 e. The maximum absolute atomic E-state index is 5.21. The first-order valence-electron chi connectivity index (χ1n) is 5.66. The predicted octanol–water partition coefficient (Wildman–Crippen LogP) is 1.28. The van der Waals surface area contributed by atoms with E-state index in [2.05, 4.69) is 10.4 Å². The molecular formula is C11H19N3O. The standard InChI is InChI=1S/C11H19N3O/c1-15-11-4-8-13-14(11)9-5-10-2-6-12-7-3-10/h4,8,10,12H,2-3,5-7,9H2,1H3. The lowest BCUT2D eigenvalue weighted by molar-refractivity contribution is 0.309. The Kier molecular flexibility index (Phi) is 3.61. The lowest BCUT2D eigenvalue weighted by Crippen LogP contribution is -2.28. The van der Waals surface area contributed by atoms with Gasteiger partial charge in [0.1, 0.15) is 0 Å². The zero-order valence-corrected chi connectivity index (χ0v) is 9.28. The van der Waals surface area contributed by atoms with Gasteiger partial charge in [0.15, 0.2) is 0 Å². The highest BCUT2D eigenvalue weighted by molar-refractivity contribution is 5.06. The highest BCUT2D eigenvalue weighted by Crippen LogP contribution is 2.18. The molecule has 0 amide bonds. The quantitative estimate of drug-likeness (QED) is 0.812. The minimum absolute atomic E-state index is 0.847. The second-order valence-electron chi connectivity index (χ2n) is 4.08. The van der Waals surface area contributed by atoms with E-state index in [1.807, 2.05) is 10.7 Å². The van der Waals surface area contributed by atoms with Crippen molar-refractivity contribution in [1.82, 2.24) is 15.1 Å². The van der Waals surface area contributed by atoms with Crippen molar-refractivity contribution in [3.63, 3.8) is 0 Å². The van der Waals surface area contributed by atoms with Gasteiger partial charge in [-0.2, -0.15) is 5.10 Å². The lowest BCUT2D eigenvalue weighted by Gasteiger charge is -2.22. The third-order valence-electron chi connectivity index (χ3n) is 3.09. The van der Waals surface area contributed by atoms with Crippen LogP contribution in [0.4, 0.5) is 0 Å². The highest BCUT2D eigenvalue weighted by Gasteiger charge is 2.13. The van der Waals surface area contributed by atoms with E-state index in [0.717, 1.165) is 18.3 Å². The molecule has 0 bridgehead atoms. The smallest absolute Gasteiger partial charge is 0.211 e. The van der Waals surface area contributed by atoms with Gasteiger partial charge in [-0.15, -0.1) is 0 Å². The fraction of sp³-hybridized carbons (Fsp3) is 0.727. The van der Waals surface area contributed by atoms with Gasteiger partial charge in [0.2, 0.25) is 5.88 Å². The van der Waals surface area contributed by atoms with Gasteiger partial charge in [0.25, 0.3) is 0 Å². The van der Waals surface area contributed by atoms with Crippen LogP contribution in [0.5, 0.6) is 5.88 Å². The lowest BCUT2D eigenvalue weighted by atomic mass is 9.95. The number of methoxy groups -OCH3 is 1. The van der Waals surface area contributed by atoms with Crippen molar-refractivity contribution in [2.75, 3.05) is 20.2 Å². The Morgan fingerprint density at radius 3 is 3.07 bits per heavy atom. The topological polar surface area (TPSA) is 39.1 Å². The second kappa shape index (κ2) is 5.16. The average Bonchev–Trinajstić information content (AvgIpc) is 2.75. The normalized spacial score (nSPS) is 17.9. The van der Waals surface area contributed by atoms with Crippen LogP contribution in [0.2, 0.25) is 0 Å². The fourth-order valence-corrected chi connectivity index (χ4v) is 2.14. The predicted molar refractivity (Wildman–Crippen MR) is 59.0 cm³/mol. The number of rotatable bonds is 4. The van der Waals surface area contributed by atoms with Gasteiger partial charge in [-0.05, 0) is 38.3 Å². The van der Waals surface area contributed by atoms with Crippen LogP contribution in [0.1, 0.15) is 19.3 Å². The molecule has 0 atom stereocenters. The molecule has 0 spiro atoms. The van der Waals surface area contributed by atoms with Crippen molar-refractivity contribution >= 4 is 0 Å². The number of hydrogen-bond acceptors (Lipinski definition) is 3. The second-order valence-corrected chi connectivity index (χ2v) is 4.08. The summed E-state index contributed by atoms with van der Waals surface area (Å²) in [6.45, 7) is 3.31. The molecule has 15 heavy (non-hydrogen) atoms. The molecule has 0 unspecified atom stereocenters. The van der Waals surface area contributed by atoms with Crippen molar-refractivity contribution in [1.29, 1.82) is 0 Å². The Morgan fingerprint density at radius 2 is 2.33 bits per heavy atom. The zero-order valence-electron chi connectivity index (χ0n) is 9.28. The first-order chi connectivity index (χ1) is 7.40. The zero-order chi connectivity index (χ0) is 10.5. The number of hydrogen-bond donors (Lipinski definition) is 1. The van der Waals surface area contributed by atoms with Crippen molar-refractivity contribution in [2.24, 2.45) is 5.92 Å². The van der Waals surface area contributed by atoms with E-state index in [0.29, 0.717) is 0 Å². The Hall–Kier alpha value is -1.03. The Balaban J connectivity index is 1.81. The molecule has 2 heterocycles. The summed E-state index contributed by atoms with van der Waals surface area (Å²) < 4.78 is 7.16. The minimum atomic E-state index is 0.847. The van der Waals surface area contributed by atoms with Crippen LogP contribution in [0.15, 0.2) is 12.3 Å². The van der Waals surface area contributed by atoms with Crippen LogP contribution in [0.25, 0.3) is 0 Å². The Labute approximate surface area is 90.6 Å². The Bertz CT molecular complexity index is 292. The molecule has 0 aliphatic carbocycles. The molecule has 0 saturated carbocycles. The first-order valence-corrected chi connectivity index (χ1v) is 5.66. The summed E-state index contributed by atoms with van der Waals surface area (Å²) in [5.74, 6) is 1.71. The molecule has 2 rings (SSSR count). The van der Waals surface area contributed by atoms with Gasteiger partial charge >= 0.3 is 0 Å². The van der Waals surface area contributed by atoms with E-state index in [1.165, 1.54) is 32.4 Å². The number of ether oxygens (including phenoxy) is 1. The van der Waals surface area contributed by atoms with Crippen LogP contribution >= 0.6 is 0 Å². The summed E-state index contributed by atoms with van der Waals surface area (Å²) >= 11 is 0. The molecule has 1 saturated heterocycles. The monoisotopic (exact) mass is 209 g/mol. The number of nitrogens with zero attached hydrogens (tertiary/aromatic N) is 2. The molecule has 1 fully saturated rings. The van der Waals surface area contributed by atoms with E-state index >= 15 is 0 Å². The number of aryl methyl sites for hydroxylation is 1. The molecule has 84 valence electrons. The fourth-order valence-electron chi connectivity index (χ4n) is 2.14. The van der Waals surface area contributed by atoms with Gasteiger partial charge < -0.3 is 10.1 Å². The molecule has 1 aliphatic rings. The van der Waals surface area contributed by atoms with Crippen LogP contribution in [0.3, 0.4) is 0 Å². The molecule has 1 aliphatic heterocycles. The van der Waals surface area contributed by atoms with Crippen molar-refractivity contribution in [3.05, 3.63) is 12.3 Å². The number of aromatic nitrogens is 2. The van der Waals surface area contributed by atoms with E-state index < -0.39 is 0 Å². The van der Waals surface area contributed by atoms with Crippen molar-refractivity contribution in [3.8, 4) is 5.88 Å². The molecule has 0 aromatic carbocycles. The molecule has 4 heteroatoms. The number of piperidine rings is 1. The summed E-state index contributed by atoms with van der Waals surface area (Å²) in [6, 6.07) is 1.91. The summed E-state index contributed by atoms with van der Waals surface area (Å²) in [6.07, 6.45) is 5.59. The van der Waals surface area contributed by atoms with Crippen LogP contribution in [-0.4, -0.2) is 30.0 Å². The minimum Gasteiger partial charge on any atom is -0.481 e. The maximum atomic E-state index is 5.21. The number of nitrogens with one attached hydrogen (secondary N) is 1. The summed E-state index contributed by atoms with van der Waals surface area (Å²) in [4.78, 5) is 0. The molecule has 1 aromatic rings. The van der Waals surface area contributed by atoms with Gasteiger partial charge in [0, 0.05) is 12.6 Å². The molecule has 4 nitrogen and oxygen atoms in total. The summed E-state index contributed by atoms with van der Waals surface area (Å²) in [7, 11) is 1.69. The Morgan fingerprint density at radius 1 is 1.53 bits per heavy atom. The van der Waals surface area contributed by atoms with Gasteiger partial charge in [-0.1, -0.05) is 0 Å².